The van der Waals surface area contributed by atoms with E-state index in [0.29, 0.717) is 12.8 Å². The van der Waals surface area contributed by atoms with Crippen LogP contribution in [0.2, 0.25) is 0 Å². The molecule has 2 aliphatic carbocycles. The fourth-order valence-electron chi connectivity index (χ4n) is 4.66. The number of alkyl halides is 13. The number of carbonyl (C=O) groups excluding carboxylic acids is 1. The van der Waals surface area contributed by atoms with E-state index in [1.807, 2.05) is 0 Å². The van der Waals surface area contributed by atoms with Crippen LogP contribution in [-0.2, 0) is 9.53 Å². The van der Waals surface area contributed by atoms with E-state index < -0.39 is 90.0 Å². The molecule has 42 heavy (non-hydrogen) atoms. The number of aliphatic hydroxyl groups is 3. The summed E-state index contributed by atoms with van der Waals surface area (Å²) in [5, 5.41) is 28.1. The van der Waals surface area contributed by atoms with E-state index in [4.69, 9.17) is 5.11 Å². The summed E-state index contributed by atoms with van der Waals surface area (Å²) >= 11 is 0. The monoisotopic (exact) mass is 646 g/mol. The van der Waals surface area contributed by atoms with Gasteiger partial charge < -0.3 is 20.1 Å². The molecule has 5 nitrogen and oxygen atoms in total. The van der Waals surface area contributed by atoms with Gasteiger partial charge in [0.1, 0.15) is 11.2 Å². The van der Waals surface area contributed by atoms with E-state index >= 15 is 0 Å². The molecule has 0 saturated heterocycles. The van der Waals surface area contributed by atoms with Crippen LogP contribution in [0.25, 0.3) is 0 Å². The molecule has 2 fully saturated rings. The van der Waals surface area contributed by atoms with Crippen molar-refractivity contribution in [2.24, 2.45) is 0 Å². The predicted octanol–water partition coefficient (Wildman–Crippen LogP) is 6.93. The van der Waals surface area contributed by atoms with Crippen molar-refractivity contribution in [3.63, 3.8) is 0 Å². The fraction of sp³-hybridized carbons (Fsp3) is 0.875. The Balaban J connectivity index is 0.000000452. The standard InChI is InChI=1S/C14H16F8O3.C10H15F5O2/c1-8(12(15,16)17)9(23)25-11(6-4-3-5-7-11)13(18,19)10(2,24)14(20,21)22;1-7(16,10(13,14)15)9(11,12)8(17)5-3-2-4-6-8/h24H,1,3-7H2,2H3;16-17H,2-6H2,1H3. The SMILES string of the molecule is C=C(C(=O)OC1(C(F)(F)C(C)(O)C(F)(F)F)CCCCC1)C(F)(F)F.CC(O)(C(F)(F)F)C(F)(F)C1(O)CCCCC1. The maximum Gasteiger partial charge on any atom is 0.423 e. The predicted molar refractivity (Wildman–Crippen MR) is 118 cm³/mol. The molecule has 2 aliphatic rings. The molecular formula is C24H31F13O5. The first-order valence-electron chi connectivity index (χ1n) is 12.5. The van der Waals surface area contributed by atoms with Gasteiger partial charge in [-0.05, 0) is 52.4 Å². The third-order valence-corrected chi connectivity index (χ3v) is 7.70. The molecular weight excluding hydrogens is 615 g/mol. The lowest BCUT2D eigenvalue weighted by atomic mass is 9.73. The van der Waals surface area contributed by atoms with Crippen LogP contribution in [0.5, 0.6) is 0 Å². The maximum atomic E-state index is 14.6. The third-order valence-electron chi connectivity index (χ3n) is 7.70. The molecule has 2 atom stereocenters. The summed E-state index contributed by atoms with van der Waals surface area (Å²) < 4.78 is 174. The zero-order valence-corrected chi connectivity index (χ0v) is 22.3. The molecule has 0 aromatic carbocycles. The number of hydrogen-bond acceptors (Lipinski definition) is 5. The highest BCUT2D eigenvalue weighted by atomic mass is 19.4. The first kappa shape index (κ1) is 38.2. The Morgan fingerprint density at radius 3 is 1.31 bits per heavy atom. The van der Waals surface area contributed by atoms with Crippen molar-refractivity contribution in [2.45, 2.75) is 131 Å². The Bertz CT molecular complexity index is 953. The molecule has 3 N–H and O–H groups in total. The largest absolute Gasteiger partial charge is 0.449 e. The molecule has 0 aromatic rings. The third kappa shape index (κ3) is 6.94. The number of halogens is 13. The minimum absolute atomic E-state index is 0.000421. The highest BCUT2D eigenvalue weighted by Crippen LogP contribution is 2.54. The van der Waals surface area contributed by atoms with E-state index in [2.05, 4.69) is 11.3 Å². The van der Waals surface area contributed by atoms with Gasteiger partial charge in [-0.15, -0.1) is 0 Å². The molecule has 0 spiro atoms. The van der Waals surface area contributed by atoms with Crippen molar-refractivity contribution in [3.8, 4) is 0 Å². The van der Waals surface area contributed by atoms with Crippen LogP contribution in [0.3, 0.4) is 0 Å². The lowest BCUT2D eigenvalue weighted by Crippen LogP contribution is -2.68. The average Bonchev–Trinajstić information content (AvgIpc) is 2.82. The van der Waals surface area contributed by atoms with Crippen molar-refractivity contribution in [1.82, 2.24) is 0 Å². The minimum atomic E-state index is -5.81. The molecule has 18 heteroatoms. The van der Waals surface area contributed by atoms with Crippen molar-refractivity contribution < 1.29 is 81.9 Å². The fourth-order valence-corrected chi connectivity index (χ4v) is 4.66. The van der Waals surface area contributed by atoms with Gasteiger partial charge in [0.25, 0.3) is 0 Å². The number of rotatable bonds is 6. The van der Waals surface area contributed by atoms with E-state index in [9.17, 15) is 72.1 Å². The van der Waals surface area contributed by atoms with E-state index in [-0.39, 0.29) is 39.5 Å². The summed E-state index contributed by atoms with van der Waals surface area (Å²) in [7, 11) is 0. The van der Waals surface area contributed by atoms with Crippen LogP contribution in [-0.4, -0.2) is 74.1 Å². The molecule has 0 amide bonds. The highest BCUT2D eigenvalue weighted by molar-refractivity contribution is 5.89. The second-order valence-corrected chi connectivity index (χ2v) is 10.8. The van der Waals surface area contributed by atoms with Gasteiger partial charge in [0, 0.05) is 0 Å². The maximum absolute atomic E-state index is 14.6. The van der Waals surface area contributed by atoms with Crippen LogP contribution in [0.15, 0.2) is 12.2 Å². The van der Waals surface area contributed by atoms with Gasteiger partial charge in [-0.2, -0.15) is 57.1 Å². The molecule has 248 valence electrons. The van der Waals surface area contributed by atoms with Gasteiger partial charge in [-0.25, -0.2) is 4.79 Å². The number of esters is 1. The molecule has 0 aromatic heterocycles. The quantitative estimate of drug-likeness (QED) is 0.166. The Labute approximate surface area is 231 Å². The van der Waals surface area contributed by atoms with E-state index in [1.165, 1.54) is 0 Å². The molecule has 2 saturated carbocycles. The van der Waals surface area contributed by atoms with Crippen LogP contribution in [0, 0.1) is 0 Å². The van der Waals surface area contributed by atoms with Crippen molar-refractivity contribution >= 4 is 5.97 Å². The van der Waals surface area contributed by atoms with E-state index in [0.717, 1.165) is 0 Å². The molecule has 0 radical (unpaired) electrons. The Morgan fingerprint density at radius 2 is 0.976 bits per heavy atom. The van der Waals surface area contributed by atoms with Crippen LogP contribution in [0.1, 0.15) is 78.1 Å². The first-order valence-corrected chi connectivity index (χ1v) is 12.5. The normalized spacial score (nSPS) is 23.0. The second-order valence-electron chi connectivity index (χ2n) is 10.8. The summed E-state index contributed by atoms with van der Waals surface area (Å²) in [5.41, 5.74) is -17.0. The van der Waals surface area contributed by atoms with E-state index in [1.54, 1.807) is 0 Å². The van der Waals surface area contributed by atoms with Gasteiger partial charge in [-0.3, -0.25) is 0 Å². The first-order chi connectivity index (χ1) is 18.5. The summed E-state index contributed by atoms with van der Waals surface area (Å²) in [6, 6.07) is 0. The molecule has 0 bridgehead atoms. The Hall–Kier alpha value is -1.82. The topological polar surface area (TPSA) is 87.0 Å². The summed E-state index contributed by atoms with van der Waals surface area (Å²) in [5.74, 6) is -12.0. The van der Waals surface area contributed by atoms with Crippen molar-refractivity contribution in [1.29, 1.82) is 0 Å². The van der Waals surface area contributed by atoms with Gasteiger partial charge in [-0.1, -0.05) is 32.3 Å². The van der Waals surface area contributed by atoms with Gasteiger partial charge in [0.05, 0.1) is 0 Å². The smallest absolute Gasteiger partial charge is 0.423 e. The lowest BCUT2D eigenvalue weighted by molar-refractivity contribution is -0.365. The summed E-state index contributed by atoms with van der Waals surface area (Å²) in [4.78, 5) is 11.5. The zero-order chi connectivity index (χ0) is 33.4. The minimum Gasteiger partial charge on any atom is -0.449 e. The molecule has 2 rings (SSSR count). The van der Waals surface area contributed by atoms with Gasteiger partial charge in [0.2, 0.25) is 11.2 Å². The van der Waals surface area contributed by atoms with Gasteiger partial charge >= 0.3 is 36.3 Å². The molecule has 0 heterocycles. The number of carbonyl (C=O) groups is 1. The summed E-state index contributed by atoms with van der Waals surface area (Å²) in [6.07, 6.45) is -18.0. The average molecular weight is 646 g/mol. The van der Waals surface area contributed by atoms with Crippen LogP contribution in [0.4, 0.5) is 57.1 Å². The summed E-state index contributed by atoms with van der Waals surface area (Å²) in [6.45, 7) is 2.17. The Kier molecular flexibility index (Phi) is 10.9. The molecule has 0 aliphatic heterocycles. The van der Waals surface area contributed by atoms with Crippen molar-refractivity contribution in [2.75, 3.05) is 0 Å². The van der Waals surface area contributed by atoms with Crippen LogP contribution < -0.4 is 0 Å². The Morgan fingerprint density at radius 1 is 0.643 bits per heavy atom. The van der Waals surface area contributed by atoms with Crippen LogP contribution >= 0.6 is 0 Å². The number of hydrogen-bond donors (Lipinski definition) is 3. The lowest BCUT2D eigenvalue weighted by Gasteiger charge is -2.48. The molecule has 2 unspecified atom stereocenters. The number of ether oxygens (including phenoxy) is 1. The zero-order valence-electron chi connectivity index (χ0n) is 22.3. The highest BCUT2D eigenvalue weighted by Gasteiger charge is 2.75. The van der Waals surface area contributed by atoms with Gasteiger partial charge in [0.15, 0.2) is 5.60 Å². The second kappa shape index (κ2) is 11.9. The van der Waals surface area contributed by atoms with Crippen molar-refractivity contribution in [3.05, 3.63) is 12.2 Å².